The van der Waals surface area contributed by atoms with Crippen LogP contribution in [0.5, 0.6) is 0 Å². The standard InChI is InChI=1S/C56H36N2/c1-33-19-23-35(24-20-33)39-11-3-5-13-41(39)37-27-29-49-45(31-37)53-51-43-15-7-10-18-48(43)58-50-30-28-38(42-14-6-4-12-40(42)36-25-21-34(2)22-26-36)32-46(50)54(56(51)58)52-44-16-8-9-17-47(44)57(49)55(52)53/h3-32H,1-2H3. The van der Waals surface area contributed by atoms with Gasteiger partial charge in [0.05, 0.1) is 33.1 Å². The number of fused-ring (bicyclic) bond motifs is 14. The first kappa shape index (κ1) is 31.7. The lowest BCUT2D eigenvalue weighted by Gasteiger charge is -2.11. The van der Waals surface area contributed by atoms with Crippen LogP contribution in [-0.4, -0.2) is 8.80 Å². The number of aryl methyl sites for hydroxylation is 2. The van der Waals surface area contributed by atoms with Gasteiger partial charge in [-0.25, -0.2) is 0 Å². The zero-order valence-corrected chi connectivity index (χ0v) is 32.2. The minimum absolute atomic E-state index is 1.23. The van der Waals surface area contributed by atoms with Gasteiger partial charge in [0.15, 0.2) is 0 Å². The van der Waals surface area contributed by atoms with Gasteiger partial charge in [-0.15, -0.1) is 0 Å². The Balaban J connectivity index is 1.18. The van der Waals surface area contributed by atoms with Gasteiger partial charge in [0, 0.05) is 43.1 Å². The van der Waals surface area contributed by atoms with Crippen LogP contribution in [-0.2, 0) is 0 Å². The lowest BCUT2D eigenvalue weighted by molar-refractivity contribution is 1.37. The molecule has 0 aliphatic carbocycles. The highest BCUT2D eigenvalue weighted by Crippen LogP contribution is 2.52. The first-order valence-corrected chi connectivity index (χ1v) is 20.3. The lowest BCUT2D eigenvalue weighted by atomic mass is 9.92. The molecule has 4 aromatic heterocycles. The molecule has 13 aromatic rings. The van der Waals surface area contributed by atoms with E-state index in [4.69, 9.17) is 0 Å². The maximum Gasteiger partial charge on any atom is 0.0634 e. The molecule has 0 saturated heterocycles. The molecule has 0 N–H and O–H groups in total. The molecule has 0 unspecified atom stereocenters. The van der Waals surface area contributed by atoms with Crippen LogP contribution in [0.25, 0.3) is 121 Å². The van der Waals surface area contributed by atoms with E-state index >= 15 is 0 Å². The van der Waals surface area contributed by atoms with Crippen molar-refractivity contribution < 1.29 is 0 Å². The molecular formula is C56H36N2. The molecule has 0 fully saturated rings. The molecule has 270 valence electrons. The van der Waals surface area contributed by atoms with Gasteiger partial charge in [0.1, 0.15) is 0 Å². The average Bonchev–Trinajstić information content (AvgIpc) is 4.00. The molecule has 13 rings (SSSR count). The molecule has 58 heavy (non-hydrogen) atoms. The highest BCUT2D eigenvalue weighted by Gasteiger charge is 2.29. The van der Waals surface area contributed by atoms with Crippen molar-refractivity contribution in [2.24, 2.45) is 0 Å². The summed E-state index contributed by atoms with van der Waals surface area (Å²) in [5.74, 6) is 0. The number of hydrogen-bond acceptors (Lipinski definition) is 0. The van der Waals surface area contributed by atoms with E-state index in [1.807, 2.05) is 0 Å². The lowest BCUT2D eigenvalue weighted by Crippen LogP contribution is -1.86. The summed E-state index contributed by atoms with van der Waals surface area (Å²) in [5.41, 5.74) is 20.1. The number of hydrogen-bond donors (Lipinski definition) is 0. The molecule has 0 saturated carbocycles. The average molecular weight is 737 g/mol. The largest absolute Gasteiger partial charge is 0.308 e. The van der Waals surface area contributed by atoms with Crippen LogP contribution in [0.4, 0.5) is 0 Å². The van der Waals surface area contributed by atoms with Crippen LogP contribution in [0, 0.1) is 13.8 Å². The summed E-state index contributed by atoms with van der Waals surface area (Å²) in [6.45, 7) is 4.30. The first-order valence-electron chi connectivity index (χ1n) is 20.3. The third-order valence-corrected chi connectivity index (χ3v) is 12.9. The third-order valence-electron chi connectivity index (χ3n) is 12.9. The fourth-order valence-corrected chi connectivity index (χ4v) is 10.4. The topological polar surface area (TPSA) is 8.82 Å². The molecule has 0 atom stereocenters. The van der Waals surface area contributed by atoms with Crippen LogP contribution in [0.1, 0.15) is 11.1 Å². The van der Waals surface area contributed by atoms with Crippen molar-refractivity contribution in [1.29, 1.82) is 0 Å². The van der Waals surface area contributed by atoms with Gasteiger partial charge in [-0.3, -0.25) is 0 Å². The van der Waals surface area contributed by atoms with E-state index in [0.29, 0.717) is 0 Å². The van der Waals surface area contributed by atoms with Crippen LogP contribution in [0.2, 0.25) is 0 Å². The van der Waals surface area contributed by atoms with E-state index in [1.165, 1.54) is 132 Å². The summed E-state index contributed by atoms with van der Waals surface area (Å²) in [5, 5.41) is 10.5. The van der Waals surface area contributed by atoms with E-state index in [0.717, 1.165) is 0 Å². The molecule has 0 radical (unpaired) electrons. The van der Waals surface area contributed by atoms with Gasteiger partial charge in [0.25, 0.3) is 0 Å². The van der Waals surface area contributed by atoms with Crippen molar-refractivity contribution in [3.63, 3.8) is 0 Å². The Morgan fingerprint density at radius 2 is 0.586 bits per heavy atom. The van der Waals surface area contributed by atoms with Gasteiger partial charge in [-0.1, -0.05) is 157 Å². The zero-order chi connectivity index (χ0) is 38.2. The summed E-state index contributed by atoms with van der Waals surface area (Å²) < 4.78 is 5.11. The van der Waals surface area contributed by atoms with Crippen LogP contribution >= 0.6 is 0 Å². The monoisotopic (exact) mass is 736 g/mol. The smallest absolute Gasteiger partial charge is 0.0634 e. The first-order chi connectivity index (χ1) is 28.6. The summed E-state index contributed by atoms with van der Waals surface area (Å²) >= 11 is 0. The SMILES string of the molecule is Cc1ccc(-c2ccccc2-c2ccc3c(c2)c2c4c5ccccc5n5c6ccc(-c7ccccc7-c7ccc(C)cc7)cc6c(c6c7ccccc7n3c62)c45)cc1. The van der Waals surface area contributed by atoms with E-state index in [9.17, 15) is 0 Å². The van der Waals surface area contributed by atoms with Crippen molar-refractivity contribution in [1.82, 2.24) is 8.80 Å². The van der Waals surface area contributed by atoms with E-state index < -0.39 is 0 Å². The van der Waals surface area contributed by atoms with Gasteiger partial charge in [-0.05, 0) is 94.8 Å². The van der Waals surface area contributed by atoms with Crippen molar-refractivity contribution >= 4 is 76.2 Å². The number of benzene rings is 9. The van der Waals surface area contributed by atoms with Crippen LogP contribution in [0.15, 0.2) is 182 Å². The number of rotatable bonds is 4. The molecule has 2 heteroatoms. The quantitative estimate of drug-likeness (QED) is 0.170. The van der Waals surface area contributed by atoms with Gasteiger partial charge in [0.2, 0.25) is 0 Å². The van der Waals surface area contributed by atoms with E-state index in [1.54, 1.807) is 0 Å². The summed E-state index contributed by atoms with van der Waals surface area (Å²) in [6.07, 6.45) is 0. The fraction of sp³-hybridized carbons (Fsp3) is 0.0357. The van der Waals surface area contributed by atoms with Crippen LogP contribution < -0.4 is 0 Å². The number of para-hydroxylation sites is 2. The molecule has 2 nitrogen and oxygen atoms in total. The Morgan fingerprint density at radius 1 is 0.276 bits per heavy atom. The second kappa shape index (κ2) is 11.6. The Bertz CT molecular complexity index is 3530. The maximum atomic E-state index is 2.56. The molecular weight excluding hydrogens is 701 g/mol. The Labute approximate surface area is 335 Å². The molecule has 9 aromatic carbocycles. The zero-order valence-electron chi connectivity index (χ0n) is 32.2. The van der Waals surface area contributed by atoms with Gasteiger partial charge >= 0.3 is 0 Å². The normalized spacial score (nSPS) is 12.3. The molecule has 0 bridgehead atoms. The Kier molecular flexibility index (Phi) is 6.33. The van der Waals surface area contributed by atoms with E-state index in [-0.39, 0.29) is 0 Å². The number of aromatic nitrogens is 2. The molecule has 4 heterocycles. The highest BCUT2D eigenvalue weighted by atomic mass is 14.9. The number of nitrogens with zero attached hydrogens (tertiary/aromatic N) is 2. The minimum Gasteiger partial charge on any atom is -0.308 e. The predicted octanol–water partition coefficient (Wildman–Crippen LogP) is 15.3. The Morgan fingerprint density at radius 3 is 1.00 bits per heavy atom. The second-order valence-electron chi connectivity index (χ2n) is 16.2. The second-order valence-corrected chi connectivity index (χ2v) is 16.2. The van der Waals surface area contributed by atoms with Crippen molar-refractivity contribution in [2.45, 2.75) is 13.8 Å². The highest BCUT2D eigenvalue weighted by molar-refractivity contribution is 6.45. The molecule has 0 amide bonds. The van der Waals surface area contributed by atoms with E-state index in [2.05, 4.69) is 205 Å². The van der Waals surface area contributed by atoms with Gasteiger partial charge < -0.3 is 8.80 Å². The summed E-state index contributed by atoms with van der Waals surface area (Å²) in [4.78, 5) is 0. The third kappa shape index (κ3) is 4.16. The fourth-order valence-electron chi connectivity index (χ4n) is 10.4. The summed E-state index contributed by atoms with van der Waals surface area (Å²) in [6, 6.07) is 68.0. The molecule has 0 aliphatic rings. The van der Waals surface area contributed by atoms with Crippen molar-refractivity contribution in [3.8, 4) is 44.5 Å². The van der Waals surface area contributed by atoms with Gasteiger partial charge in [-0.2, -0.15) is 0 Å². The Hall–Kier alpha value is -7.42. The minimum atomic E-state index is 1.23. The summed E-state index contributed by atoms with van der Waals surface area (Å²) in [7, 11) is 0. The maximum absolute atomic E-state index is 2.56. The van der Waals surface area contributed by atoms with Crippen molar-refractivity contribution in [3.05, 3.63) is 193 Å². The molecule has 0 aliphatic heterocycles. The van der Waals surface area contributed by atoms with Crippen molar-refractivity contribution in [2.75, 3.05) is 0 Å². The molecule has 0 spiro atoms. The predicted molar refractivity (Wildman–Crippen MR) is 247 cm³/mol. The van der Waals surface area contributed by atoms with Crippen LogP contribution in [0.3, 0.4) is 0 Å².